The van der Waals surface area contributed by atoms with Crippen LogP contribution in [0, 0.1) is 5.41 Å². The lowest BCUT2D eigenvalue weighted by Crippen LogP contribution is -2.33. The van der Waals surface area contributed by atoms with Crippen molar-refractivity contribution in [3.8, 4) is 0 Å². The van der Waals surface area contributed by atoms with Crippen molar-refractivity contribution in [1.82, 2.24) is 0 Å². The summed E-state index contributed by atoms with van der Waals surface area (Å²) < 4.78 is 39.6. The van der Waals surface area contributed by atoms with Gasteiger partial charge in [0.1, 0.15) is 6.61 Å². The van der Waals surface area contributed by atoms with E-state index in [0.29, 0.717) is 13.0 Å². The fourth-order valence-corrected chi connectivity index (χ4v) is 0.718. The van der Waals surface area contributed by atoms with Crippen LogP contribution in [0.1, 0.15) is 20.3 Å². The van der Waals surface area contributed by atoms with Gasteiger partial charge in [-0.15, -0.1) is 0 Å². The molecule has 0 radical (unpaired) electrons. The Morgan fingerprint density at radius 2 is 1.77 bits per heavy atom. The summed E-state index contributed by atoms with van der Waals surface area (Å²) in [6.45, 7) is 2.89. The summed E-state index contributed by atoms with van der Waals surface area (Å²) in [6, 6.07) is 0. The van der Waals surface area contributed by atoms with Crippen LogP contribution in [-0.2, 0) is 4.74 Å². The highest BCUT2D eigenvalue weighted by atomic mass is 19.4. The Bertz CT molecular complexity index is 143. The molecule has 0 aromatic rings. The first-order valence-corrected chi connectivity index (χ1v) is 4.17. The van der Waals surface area contributed by atoms with Gasteiger partial charge in [0.2, 0.25) is 0 Å². The highest BCUT2D eigenvalue weighted by molar-refractivity contribution is 4.72. The van der Waals surface area contributed by atoms with Crippen LogP contribution in [-0.4, -0.2) is 25.9 Å². The van der Waals surface area contributed by atoms with Gasteiger partial charge in [0.25, 0.3) is 0 Å². The van der Waals surface area contributed by atoms with Crippen LogP contribution in [0.15, 0.2) is 0 Å². The molecule has 0 spiro atoms. The lowest BCUT2D eigenvalue weighted by atomic mass is 9.89. The van der Waals surface area contributed by atoms with E-state index in [1.54, 1.807) is 0 Å². The summed E-state index contributed by atoms with van der Waals surface area (Å²) in [4.78, 5) is 0. The SMILES string of the molecule is CCC(C)(CN)COCC(F)(F)F. The number of hydrogen-bond acceptors (Lipinski definition) is 2. The molecule has 0 heterocycles. The zero-order valence-corrected chi connectivity index (χ0v) is 7.95. The van der Waals surface area contributed by atoms with Crippen LogP contribution in [0.3, 0.4) is 0 Å². The monoisotopic (exact) mass is 199 g/mol. The first kappa shape index (κ1) is 12.7. The molecule has 0 aliphatic heterocycles. The number of hydrogen-bond donors (Lipinski definition) is 1. The van der Waals surface area contributed by atoms with E-state index in [2.05, 4.69) is 4.74 Å². The van der Waals surface area contributed by atoms with Crippen molar-refractivity contribution in [3.05, 3.63) is 0 Å². The minimum Gasteiger partial charge on any atom is -0.371 e. The molecule has 1 atom stereocenters. The Balaban J connectivity index is 3.74. The Hall–Kier alpha value is -0.290. The maximum Gasteiger partial charge on any atom is 0.411 e. The maximum atomic E-state index is 11.7. The molecule has 0 rings (SSSR count). The molecule has 0 aliphatic rings. The normalized spacial score (nSPS) is 17.1. The highest BCUT2D eigenvalue weighted by Gasteiger charge is 2.29. The van der Waals surface area contributed by atoms with Gasteiger partial charge in [-0.1, -0.05) is 13.8 Å². The lowest BCUT2D eigenvalue weighted by Gasteiger charge is -2.26. The van der Waals surface area contributed by atoms with Crippen molar-refractivity contribution in [2.45, 2.75) is 26.4 Å². The van der Waals surface area contributed by atoms with E-state index in [9.17, 15) is 13.2 Å². The first-order chi connectivity index (χ1) is 5.83. The second-order valence-corrected chi connectivity index (χ2v) is 3.48. The highest BCUT2D eigenvalue weighted by Crippen LogP contribution is 2.21. The Morgan fingerprint density at radius 1 is 1.23 bits per heavy atom. The average molecular weight is 199 g/mol. The second kappa shape index (κ2) is 4.81. The number of nitrogens with two attached hydrogens (primary N) is 1. The zero-order valence-electron chi connectivity index (χ0n) is 7.95. The van der Waals surface area contributed by atoms with Gasteiger partial charge in [-0.25, -0.2) is 0 Å². The molecule has 1 unspecified atom stereocenters. The predicted molar refractivity (Wildman–Crippen MR) is 44.3 cm³/mol. The molecular formula is C8H16F3NO. The number of halogens is 3. The van der Waals surface area contributed by atoms with E-state index in [-0.39, 0.29) is 12.0 Å². The Kier molecular flexibility index (Phi) is 4.70. The molecule has 0 bridgehead atoms. The zero-order chi connectivity index (χ0) is 10.5. The summed E-state index contributed by atoms with van der Waals surface area (Å²) in [5, 5.41) is 0. The van der Waals surface area contributed by atoms with Crippen LogP contribution in [0.25, 0.3) is 0 Å². The van der Waals surface area contributed by atoms with Gasteiger partial charge < -0.3 is 10.5 Å². The van der Waals surface area contributed by atoms with E-state index in [1.807, 2.05) is 13.8 Å². The molecule has 0 saturated heterocycles. The van der Waals surface area contributed by atoms with Crippen LogP contribution in [0.5, 0.6) is 0 Å². The van der Waals surface area contributed by atoms with Crippen molar-refractivity contribution >= 4 is 0 Å². The molecular weight excluding hydrogens is 183 g/mol. The van der Waals surface area contributed by atoms with Gasteiger partial charge in [0.05, 0.1) is 6.61 Å². The molecule has 80 valence electrons. The van der Waals surface area contributed by atoms with Crippen molar-refractivity contribution in [2.24, 2.45) is 11.1 Å². The molecule has 2 N–H and O–H groups in total. The number of rotatable bonds is 5. The molecule has 0 aromatic carbocycles. The molecule has 5 heteroatoms. The van der Waals surface area contributed by atoms with Crippen LogP contribution < -0.4 is 5.73 Å². The van der Waals surface area contributed by atoms with Gasteiger partial charge in [-0.05, 0) is 13.0 Å². The fourth-order valence-electron chi connectivity index (χ4n) is 0.718. The fraction of sp³-hybridized carbons (Fsp3) is 1.00. The molecule has 2 nitrogen and oxygen atoms in total. The van der Waals surface area contributed by atoms with Gasteiger partial charge in [0, 0.05) is 5.41 Å². The van der Waals surface area contributed by atoms with E-state index >= 15 is 0 Å². The number of alkyl halides is 3. The van der Waals surface area contributed by atoms with Crippen LogP contribution in [0.4, 0.5) is 13.2 Å². The summed E-state index contributed by atoms with van der Waals surface area (Å²) in [6.07, 6.45) is -3.54. The molecule has 0 amide bonds. The lowest BCUT2D eigenvalue weighted by molar-refractivity contribution is -0.180. The van der Waals surface area contributed by atoms with Crippen molar-refractivity contribution < 1.29 is 17.9 Å². The van der Waals surface area contributed by atoms with Gasteiger partial charge in [-0.3, -0.25) is 0 Å². The predicted octanol–water partition coefficient (Wildman–Crippen LogP) is 1.94. The molecule has 13 heavy (non-hydrogen) atoms. The van der Waals surface area contributed by atoms with Gasteiger partial charge in [-0.2, -0.15) is 13.2 Å². The molecule has 0 fully saturated rings. The van der Waals surface area contributed by atoms with E-state index < -0.39 is 12.8 Å². The van der Waals surface area contributed by atoms with Gasteiger partial charge in [0.15, 0.2) is 0 Å². The molecule has 0 aromatic heterocycles. The summed E-state index contributed by atoms with van der Waals surface area (Å²) in [5.41, 5.74) is 5.06. The van der Waals surface area contributed by atoms with Crippen molar-refractivity contribution in [2.75, 3.05) is 19.8 Å². The van der Waals surface area contributed by atoms with Gasteiger partial charge >= 0.3 is 6.18 Å². The van der Waals surface area contributed by atoms with Crippen molar-refractivity contribution in [1.29, 1.82) is 0 Å². The molecule has 0 saturated carbocycles. The minimum absolute atomic E-state index is 0.0551. The smallest absolute Gasteiger partial charge is 0.371 e. The Labute approximate surface area is 76.2 Å². The van der Waals surface area contributed by atoms with Crippen molar-refractivity contribution in [3.63, 3.8) is 0 Å². The van der Waals surface area contributed by atoms with E-state index in [4.69, 9.17) is 5.73 Å². The van der Waals surface area contributed by atoms with Crippen LogP contribution >= 0.6 is 0 Å². The summed E-state index contributed by atoms with van der Waals surface area (Å²) in [5.74, 6) is 0. The first-order valence-electron chi connectivity index (χ1n) is 4.17. The van der Waals surface area contributed by atoms with E-state index in [1.165, 1.54) is 0 Å². The standard InChI is InChI=1S/C8H16F3NO/c1-3-7(2,4-12)5-13-6-8(9,10)11/h3-6,12H2,1-2H3. The average Bonchev–Trinajstić information content (AvgIpc) is 2.02. The van der Waals surface area contributed by atoms with Crippen LogP contribution in [0.2, 0.25) is 0 Å². The Morgan fingerprint density at radius 3 is 2.08 bits per heavy atom. The third kappa shape index (κ3) is 5.87. The largest absolute Gasteiger partial charge is 0.411 e. The quantitative estimate of drug-likeness (QED) is 0.734. The minimum atomic E-state index is -4.25. The second-order valence-electron chi connectivity index (χ2n) is 3.48. The van der Waals surface area contributed by atoms with E-state index in [0.717, 1.165) is 0 Å². The molecule has 0 aliphatic carbocycles. The summed E-state index contributed by atoms with van der Waals surface area (Å²) in [7, 11) is 0. The summed E-state index contributed by atoms with van der Waals surface area (Å²) >= 11 is 0. The topological polar surface area (TPSA) is 35.2 Å². The third-order valence-electron chi connectivity index (χ3n) is 2.06. The maximum absolute atomic E-state index is 11.7. The number of ether oxygens (including phenoxy) is 1. The third-order valence-corrected chi connectivity index (χ3v) is 2.06.